The number of fused-ring (bicyclic) bond motifs is 3. The first-order valence-electron chi connectivity index (χ1n) is 6.08. The molecule has 1 aliphatic rings. The molecule has 0 spiro atoms. The van der Waals surface area contributed by atoms with Crippen LogP contribution in [0.25, 0.3) is 11.1 Å². The van der Waals surface area contributed by atoms with E-state index in [0.29, 0.717) is 5.75 Å². The molecule has 2 aromatic rings. The number of aryl methyl sites for hydroxylation is 3. The van der Waals surface area contributed by atoms with E-state index in [1.165, 1.54) is 33.4 Å². The maximum Gasteiger partial charge on any atom is 0.115 e. The molecule has 0 amide bonds. The van der Waals surface area contributed by atoms with Crippen LogP contribution in [0.1, 0.15) is 22.3 Å². The summed E-state index contributed by atoms with van der Waals surface area (Å²) >= 11 is 0. The van der Waals surface area contributed by atoms with Crippen LogP contribution in [0.4, 0.5) is 0 Å². The van der Waals surface area contributed by atoms with Crippen molar-refractivity contribution < 1.29 is 5.11 Å². The lowest BCUT2D eigenvalue weighted by Crippen LogP contribution is -2.06. The average Bonchev–Trinajstić information content (AvgIpc) is 2.33. The van der Waals surface area contributed by atoms with Crippen LogP contribution in [0.5, 0.6) is 5.75 Å². The Balaban J connectivity index is 2.31. The Morgan fingerprint density at radius 1 is 0.941 bits per heavy atom. The van der Waals surface area contributed by atoms with E-state index in [1.807, 2.05) is 6.07 Å². The molecule has 17 heavy (non-hydrogen) atoms. The fraction of sp³-hybridized carbons (Fsp3) is 0.250. The number of hydrogen-bond acceptors (Lipinski definition) is 1. The first kappa shape index (κ1) is 10.4. The average molecular weight is 224 g/mol. The van der Waals surface area contributed by atoms with E-state index in [4.69, 9.17) is 0 Å². The van der Waals surface area contributed by atoms with Crippen molar-refractivity contribution in [2.24, 2.45) is 0 Å². The van der Waals surface area contributed by atoms with Gasteiger partial charge in [0.2, 0.25) is 0 Å². The summed E-state index contributed by atoms with van der Waals surface area (Å²) in [7, 11) is 0. The summed E-state index contributed by atoms with van der Waals surface area (Å²) in [5.41, 5.74) is 8.09. The van der Waals surface area contributed by atoms with E-state index < -0.39 is 0 Å². The molecule has 0 saturated carbocycles. The lowest BCUT2D eigenvalue weighted by molar-refractivity contribution is 0.474. The Morgan fingerprint density at radius 3 is 2.53 bits per heavy atom. The molecule has 0 heterocycles. The van der Waals surface area contributed by atoms with Crippen LogP contribution in [-0.4, -0.2) is 5.11 Å². The summed E-state index contributed by atoms with van der Waals surface area (Å²) < 4.78 is 0. The van der Waals surface area contributed by atoms with Crippen LogP contribution >= 0.6 is 0 Å². The van der Waals surface area contributed by atoms with Gasteiger partial charge in [-0.25, -0.2) is 0 Å². The molecular formula is C16H16O. The Hall–Kier alpha value is -1.76. The number of phenols is 1. The summed E-state index contributed by atoms with van der Waals surface area (Å²) in [6, 6.07) is 10.2. The second-order valence-electron chi connectivity index (χ2n) is 4.88. The third kappa shape index (κ3) is 1.54. The molecule has 0 atom stereocenters. The molecule has 3 rings (SSSR count). The molecule has 0 fully saturated rings. The van der Waals surface area contributed by atoms with Gasteiger partial charge in [-0.05, 0) is 72.2 Å². The molecule has 1 aliphatic carbocycles. The largest absolute Gasteiger partial charge is 0.508 e. The van der Waals surface area contributed by atoms with Crippen molar-refractivity contribution in [1.82, 2.24) is 0 Å². The lowest BCUT2D eigenvalue weighted by atomic mass is 9.82. The van der Waals surface area contributed by atoms with Crippen molar-refractivity contribution in [2.75, 3.05) is 0 Å². The number of aromatic hydroxyl groups is 1. The molecule has 1 nitrogen and oxygen atoms in total. The Kier molecular flexibility index (Phi) is 2.22. The van der Waals surface area contributed by atoms with E-state index in [2.05, 4.69) is 32.0 Å². The fourth-order valence-corrected chi connectivity index (χ4v) is 2.76. The van der Waals surface area contributed by atoms with Gasteiger partial charge in [-0.2, -0.15) is 0 Å². The van der Waals surface area contributed by atoms with Crippen molar-refractivity contribution in [2.45, 2.75) is 26.7 Å². The normalized spacial score (nSPS) is 13.1. The number of phenolic OH excluding ortho intramolecular Hbond substituents is 1. The van der Waals surface area contributed by atoms with Crippen LogP contribution < -0.4 is 0 Å². The Labute approximate surface area is 102 Å². The SMILES string of the molecule is Cc1ccc2c(c1C)-c1ccc(O)cc1CC2. The maximum absolute atomic E-state index is 9.56. The van der Waals surface area contributed by atoms with Crippen molar-refractivity contribution in [1.29, 1.82) is 0 Å². The second-order valence-corrected chi connectivity index (χ2v) is 4.88. The van der Waals surface area contributed by atoms with Crippen LogP contribution in [0.15, 0.2) is 30.3 Å². The monoisotopic (exact) mass is 224 g/mol. The van der Waals surface area contributed by atoms with Crippen LogP contribution in [0.3, 0.4) is 0 Å². The van der Waals surface area contributed by atoms with Gasteiger partial charge in [0.25, 0.3) is 0 Å². The molecule has 0 bridgehead atoms. The fourth-order valence-electron chi connectivity index (χ4n) is 2.76. The van der Waals surface area contributed by atoms with Gasteiger partial charge in [0.05, 0.1) is 0 Å². The zero-order chi connectivity index (χ0) is 12.0. The Morgan fingerprint density at radius 2 is 1.71 bits per heavy atom. The van der Waals surface area contributed by atoms with Gasteiger partial charge >= 0.3 is 0 Å². The number of rotatable bonds is 0. The van der Waals surface area contributed by atoms with Gasteiger partial charge < -0.3 is 5.11 Å². The molecule has 0 aliphatic heterocycles. The molecular weight excluding hydrogens is 208 g/mol. The number of benzene rings is 2. The quantitative estimate of drug-likeness (QED) is 0.722. The highest BCUT2D eigenvalue weighted by molar-refractivity contribution is 5.77. The molecule has 1 heteroatoms. The molecule has 2 aromatic carbocycles. The second kappa shape index (κ2) is 3.63. The molecule has 86 valence electrons. The highest BCUT2D eigenvalue weighted by Gasteiger charge is 2.18. The lowest BCUT2D eigenvalue weighted by Gasteiger charge is -2.23. The van der Waals surface area contributed by atoms with E-state index in [-0.39, 0.29) is 0 Å². The zero-order valence-electron chi connectivity index (χ0n) is 10.2. The van der Waals surface area contributed by atoms with Gasteiger partial charge in [0.1, 0.15) is 5.75 Å². The summed E-state index contributed by atoms with van der Waals surface area (Å²) in [6.45, 7) is 4.35. The smallest absolute Gasteiger partial charge is 0.115 e. The maximum atomic E-state index is 9.56. The third-order valence-corrected chi connectivity index (χ3v) is 3.84. The van der Waals surface area contributed by atoms with Crippen molar-refractivity contribution in [3.8, 4) is 16.9 Å². The van der Waals surface area contributed by atoms with Gasteiger partial charge in [-0.3, -0.25) is 0 Å². The summed E-state index contributed by atoms with van der Waals surface area (Å²) in [4.78, 5) is 0. The summed E-state index contributed by atoms with van der Waals surface area (Å²) in [5.74, 6) is 0.373. The first-order chi connectivity index (χ1) is 8.16. The topological polar surface area (TPSA) is 20.2 Å². The molecule has 0 unspecified atom stereocenters. The highest BCUT2D eigenvalue weighted by Crippen LogP contribution is 2.38. The van der Waals surface area contributed by atoms with Crippen molar-refractivity contribution >= 4 is 0 Å². The first-order valence-corrected chi connectivity index (χ1v) is 6.08. The minimum absolute atomic E-state index is 0.373. The minimum Gasteiger partial charge on any atom is -0.508 e. The van der Waals surface area contributed by atoms with Crippen LogP contribution in [0.2, 0.25) is 0 Å². The van der Waals surface area contributed by atoms with Crippen LogP contribution in [-0.2, 0) is 12.8 Å². The zero-order valence-corrected chi connectivity index (χ0v) is 10.2. The van der Waals surface area contributed by atoms with Gasteiger partial charge in [-0.15, -0.1) is 0 Å². The number of hydrogen-bond donors (Lipinski definition) is 1. The van der Waals surface area contributed by atoms with Crippen molar-refractivity contribution in [3.05, 3.63) is 52.6 Å². The van der Waals surface area contributed by atoms with Crippen molar-refractivity contribution in [3.63, 3.8) is 0 Å². The van der Waals surface area contributed by atoms with Gasteiger partial charge in [0.15, 0.2) is 0 Å². The van der Waals surface area contributed by atoms with E-state index >= 15 is 0 Å². The molecule has 0 radical (unpaired) electrons. The molecule has 0 aromatic heterocycles. The van der Waals surface area contributed by atoms with E-state index in [1.54, 1.807) is 6.07 Å². The predicted octanol–water partition coefficient (Wildman–Crippen LogP) is 3.77. The molecule has 0 saturated heterocycles. The van der Waals surface area contributed by atoms with E-state index in [0.717, 1.165) is 12.8 Å². The highest BCUT2D eigenvalue weighted by atomic mass is 16.3. The summed E-state index contributed by atoms with van der Waals surface area (Å²) in [6.07, 6.45) is 2.10. The summed E-state index contributed by atoms with van der Waals surface area (Å²) in [5, 5.41) is 9.56. The van der Waals surface area contributed by atoms with Gasteiger partial charge in [0, 0.05) is 0 Å². The van der Waals surface area contributed by atoms with Gasteiger partial charge in [-0.1, -0.05) is 18.2 Å². The standard InChI is InChI=1S/C16H16O/c1-10-3-4-12-5-6-13-9-14(17)7-8-15(13)16(12)11(10)2/h3-4,7-9,17H,5-6H2,1-2H3. The molecule has 1 N–H and O–H groups in total. The predicted molar refractivity (Wildman–Crippen MR) is 70.4 cm³/mol. The van der Waals surface area contributed by atoms with E-state index in [9.17, 15) is 5.11 Å². The Bertz CT molecular complexity index is 597. The third-order valence-electron chi connectivity index (χ3n) is 3.84. The minimum atomic E-state index is 0.373. The van der Waals surface area contributed by atoms with Crippen LogP contribution in [0, 0.1) is 13.8 Å².